The summed E-state index contributed by atoms with van der Waals surface area (Å²) in [6, 6.07) is 8.68. The van der Waals surface area contributed by atoms with Crippen LogP contribution in [-0.2, 0) is 19.1 Å². The Morgan fingerprint density at radius 3 is 2.36 bits per heavy atom. The van der Waals surface area contributed by atoms with E-state index in [-0.39, 0.29) is 24.3 Å². The van der Waals surface area contributed by atoms with Crippen LogP contribution in [0, 0.1) is 11.8 Å². The lowest BCUT2D eigenvalue weighted by molar-refractivity contribution is -0.151. The number of carbonyl (C=O) groups excluding carboxylic acids is 3. The van der Waals surface area contributed by atoms with E-state index in [1.165, 1.54) is 0 Å². The minimum absolute atomic E-state index is 0.0938. The van der Waals surface area contributed by atoms with Crippen molar-refractivity contribution in [3.05, 3.63) is 54.6 Å². The first-order valence-electron chi connectivity index (χ1n) is 14.5. The predicted molar refractivity (Wildman–Crippen MR) is 149 cm³/mol. The molecule has 39 heavy (non-hydrogen) atoms. The molecule has 1 unspecified atom stereocenters. The zero-order valence-electron chi connectivity index (χ0n) is 23.1. The molecule has 4 aliphatic rings. The maximum absolute atomic E-state index is 14.3. The second kappa shape index (κ2) is 11.3. The third-order valence-electron chi connectivity index (χ3n) is 8.80. The SMILES string of the molecule is CCCCCN1CC=C[C@]23O[C@]4(C)C=CCN(c5ccccc5)C(=O)[C@@H]4[C@H]2C(=O)N(CCCCCO)C3C1=O. The van der Waals surface area contributed by atoms with Gasteiger partial charge < -0.3 is 24.5 Å². The number of ether oxygens (including phenoxy) is 1. The largest absolute Gasteiger partial charge is 0.396 e. The molecule has 0 aliphatic carbocycles. The van der Waals surface area contributed by atoms with Crippen molar-refractivity contribution in [3.8, 4) is 0 Å². The fraction of sp³-hybridized carbons (Fsp3) is 0.581. The van der Waals surface area contributed by atoms with E-state index in [0.717, 1.165) is 31.4 Å². The Balaban J connectivity index is 1.55. The molecule has 1 N–H and O–H groups in total. The summed E-state index contributed by atoms with van der Waals surface area (Å²) in [6.07, 6.45) is 12.8. The van der Waals surface area contributed by atoms with Gasteiger partial charge in [0.05, 0.1) is 17.4 Å². The Morgan fingerprint density at radius 2 is 1.62 bits per heavy atom. The Morgan fingerprint density at radius 1 is 0.872 bits per heavy atom. The van der Waals surface area contributed by atoms with Crippen molar-refractivity contribution >= 4 is 23.4 Å². The molecule has 0 saturated carbocycles. The molecule has 8 heteroatoms. The monoisotopic (exact) mass is 535 g/mol. The van der Waals surface area contributed by atoms with E-state index in [9.17, 15) is 19.5 Å². The highest BCUT2D eigenvalue weighted by molar-refractivity contribution is 6.04. The van der Waals surface area contributed by atoms with Gasteiger partial charge in [0.15, 0.2) is 0 Å². The minimum atomic E-state index is -1.22. The van der Waals surface area contributed by atoms with Gasteiger partial charge in [-0.1, -0.05) is 62.3 Å². The van der Waals surface area contributed by atoms with E-state index in [1.54, 1.807) is 9.80 Å². The van der Waals surface area contributed by atoms with Crippen molar-refractivity contribution in [1.82, 2.24) is 9.80 Å². The van der Waals surface area contributed by atoms with E-state index < -0.39 is 29.1 Å². The van der Waals surface area contributed by atoms with Crippen molar-refractivity contribution in [3.63, 3.8) is 0 Å². The number of rotatable bonds is 10. The summed E-state index contributed by atoms with van der Waals surface area (Å²) >= 11 is 0. The van der Waals surface area contributed by atoms with Gasteiger partial charge >= 0.3 is 0 Å². The van der Waals surface area contributed by atoms with E-state index in [1.807, 2.05) is 66.5 Å². The van der Waals surface area contributed by atoms with Crippen LogP contribution in [-0.4, -0.2) is 82.7 Å². The summed E-state index contributed by atoms with van der Waals surface area (Å²) in [4.78, 5) is 48.1. The highest BCUT2D eigenvalue weighted by atomic mass is 16.5. The predicted octanol–water partition coefficient (Wildman–Crippen LogP) is 3.31. The molecule has 2 fully saturated rings. The molecule has 0 radical (unpaired) electrons. The van der Waals surface area contributed by atoms with Gasteiger partial charge in [-0.2, -0.15) is 0 Å². The van der Waals surface area contributed by atoms with Crippen molar-refractivity contribution in [1.29, 1.82) is 0 Å². The molecular formula is C31H41N3O5. The normalized spacial score (nSPS) is 31.8. The van der Waals surface area contributed by atoms with Gasteiger partial charge in [-0.3, -0.25) is 14.4 Å². The van der Waals surface area contributed by atoms with Crippen LogP contribution in [0.5, 0.6) is 0 Å². The highest BCUT2D eigenvalue weighted by Crippen LogP contribution is 2.57. The third-order valence-corrected chi connectivity index (χ3v) is 8.80. The van der Waals surface area contributed by atoms with Crippen LogP contribution in [0.4, 0.5) is 5.69 Å². The summed E-state index contributed by atoms with van der Waals surface area (Å²) in [5.74, 6) is -2.02. The molecule has 1 aromatic rings. The van der Waals surface area contributed by atoms with Gasteiger partial charge in [0.1, 0.15) is 11.6 Å². The maximum Gasteiger partial charge on any atom is 0.249 e. The quantitative estimate of drug-likeness (QED) is 0.367. The lowest BCUT2D eigenvalue weighted by atomic mass is 9.74. The minimum Gasteiger partial charge on any atom is -0.396 e. The second-order valence-corrected chi connectivity index (χ2v) is 11.4. The smallest absolute Gasteiger partial charge is 0.249 e. The number of benzene rings is 1. The van der Waals surface area contributed by atoms with Gasteiger partial charge in [0.25, 0.3) is 0 Å². The second-order valence-electron chi connectivity index (χ2n) is 11.4. The number of amides is 3. The Kier molecular flexibility index (Phi) is 7.96. The van der Waals surface area contributed by atoms with Crippen LogP contribution < -0.4 is 4.90 Å². The molecule has 210 valence electrons. The Hall–Kier alpha value is -2.97. The maximum atomic E-state index is 14.3. The van der Waals surface area contributed by atoms with Crippen LogP contribution in [0.1, 0.15) is 52.4 Å². The number of aliphatic hydroxyl groups is 1. The highest BCUT2D eigenvalue weighted by Gasteiger charge is 2.74. The first kappa shape index (κ1) is 27.6. The number of aliphatic hydroxyl groups excluding tert-OH is 1. The van der Waals surface area contributed by atoms with Gasteiger partial charge in [0, 0.05) is 38.5 Å². The number of fused-ring (bicyclic) bond motifs is 2. The van der Waals surface area contributed by atoms with Crippen LogP contribution in [0.2, 0.25) is 0 Å². The molecule has 1 aromatic carbocycles. The molecule has 2 saturated heterocycles. The molecule has 0 bridgehead atoms. The fourth-order valence-corrected chi connectivity index (χ4v) is 6.97. The average Bonchev–Trinajstić information content (AvgIpc) is 3.19. The number of hydrogen-bond acceptors (Lipinski definition) is 5. The van der Waals surface area contributed by atoms with Crippen LogP contribution >= 0.6 is 0 Å². The number of anilines is 1. The number of likely N-dealkylation sites (tertiary alicyclic amines) is 1. The molecule has 0 aromatic heterocycles. The summed E-state index contributed by atoms with van der Waals surface area (Å²) < 4.78 is 6.88. The Labute approximate surface area is 231 Å². The van der Waals surface area contributed by atoms with Gasteiger partial charge in [0.2, 0.25) is 17.7 Å². The molecule has 5 rings (SSSR count). The summed E-state index contributed by atoms with van der Waals surface area (Å²) in [6.45, 7) is 5.98. The van der Waals surface area contributed by atoms with Gasteiger partial charge in [-0.25, -0.2) is 0 Å². The van der Waals surface area contributed by atoms with Crippen LogP contribution in [0.3, 0.4) is 0 Å². The molecular weight excluding hydrogens is 494 g/mol. The van der Waals surface area contributed by atoms with Crippen molar-refractivity contribution in [2.75, 3.05) is 37.7 Å². The number of carbonyl (C=O) groups is 3. The van der Waals surface area contributed by atoms with Crippen molar-refractivity contribution in [2.45, 2.75) is 69.6 Å². The first-order chi connectivity index (χ1) is 18.9. The van der Waals surface area contributed by atoms with Crippen LogP contribution in [0.25, 0.3) is 0 Å². The summed E-state index contributed by atoms with van der Waals surface area (Å²) in [7, 11) is 0. The zero-order chi connectivity index (χ0) is 27.6. The summed E-state index contributed by atoms with van der Waals surface area (Å²) in [5, 5.41) is 9.26. The van der Waals surface area contributed by atoms with E-state index in [2.05, 4.69) is 6.92 Å². The topological polar surface area (TPSA) is 90.4 Å². The fourth-order valence-electron chi connectivity index (χ4n) is 6.97. The molecule has 5 atom stereocenters. The third kappa shape index (κ3) is 4.72. The lowest BCUT2D eigenvalue weighted by Crippen LogP contribution is -2.56. The lowest BCUT2D eigenvalue weighted by Gasteiger charge is -2.37. The number of hydrogen-bond donors (Lipinski definition) is 1. The summed E-state index contributed by atoms with van der Waals surface area (Å²) in [5.41, 5.74) is -1.47. The van der Waals surface area contributed by atoms with E-state index >= 15 is 0 Å². The van der Waals surface area contributed by atoms with Gasteiger partial charge in [-0.15, -0.1) is 0 Å². The van der Waals surface area contributed by atoms with Crippen LogP contribution in [0.15, 0.2) is 54.6 Å². The zero-order valence-corrected chi connectivity index (χ0v) is 23.1. The van der Waals surface area contributed by atoms with Gasteiger partial charge in [-0.05, 0) is 44.7 Å². The van der Waals surface area contributed by atoms with Crippen molar-refractivity contribution < 1.29 is 24.2 Å². The van der Waals surface area contributed by atoms with E-state index in [4.69, 9.17) is 4.74 Å². The van der Waals surface area contributed by atoms with E-state index in [0.29, 0.717) is 39.0 Å². The molecule has 3 amide bonds. The average molecular weight is 536 g/mol. The molecule has 1 spiro atoms. The Bertz CT molecular complexity index is 1140. The molecule has 4 aliphatic heterocycles. The molecule has 8 nitrogen and oxygen atoms in total. The number of unbranched alkanes of at least 4 members (excludes halogenated alkanes) is 4. The number of nitrogens with zero attached hydrogens (tertiary/aromatic N) is 3. The standard InChI is InChI=1S/C31H41N3O5/c1-3-4-9-18-32-19-13-17-31-25(28(37)34(26(31)29(32)38)20-10-6-11-22-35)24-27(36)33(23-14-7-5-8-15-23)21-12-16-30(24,2)39-31/h5,7-8,12-17,24-26,35H,3-4,6,9-11,18-22H2,1-2H3/t24-,25-,26?,30+,31-/m0/s1. The molecule has 4 heterocycles. The number of para-hydroxylation sites is 1. The van der Waals surface area contributed by atoms with Crippen molar-refractivity contribution in [2.24, 2.45) is 11.8 Å². The first-order valence-corrected chi connectivity index (χ1v) is 14.5.